The van der Waals surface area contributed by atoms with E-state index in [4.69, 9.17) is 4.74 Å². The standard InChI is InChI=1S/C26H39N3O5/c1-4-6-15-28-16-11-13-26-20(19-22(31)27(3)14-10-12-25(19,5-2)34-26)23(32)29(21(26)24(28)33)17-8-7-9-18-30/h10-13,19-21,30H,4-9,14-18H2,1-3H3/t19-,20+,21?,25+,26+/m1/s1. The summed E-state index contributed by atoms with van der Waals surface area (Å²) in [6.45, 7) is 6.18. The highest BCUT2D eigenvalue weighted by Gasteiger charge is 2.75. The van der Waals surface area contributed by atoms with Crippen LogP contribution in [0.1, 0.15) is 52.4 Å². The topological polar surface area (TPSA) is 90.4 Å². The molecule has 5 atom stereocenters. The van der Waals surface area contributed by atoms with E-state index in [9.17, 15) is 19.5 Å². The van der Waals surface area contributed by atoms with Crippen LogP contribution in [0, 0.1) is 11.8 Å². The summed E-state index contributed by atoms with van der Waals surface area (Å²) in [4.78, 5) is 46.8. The minimum absolute atomic E-state index is 0.0936. The predicted molar refractivity (Wildman–Crippen MR) is 128 cm³/mol. The van der Waals surface area contributed by atoms with E-state index >= 15 is 0 Å². The molecule has 1 spiro atoms. The number of unbranched alkanes of at least 4 members (excludes halogenated alkanes) is 3. The van der Waals surface area contributed by atoms with E-state index in [0.29, 0.717) is 45.4 Å². The molecule has 4 aliphatic rings. The quantitative estimate of drug-likeness (QED) is 0.407. The molecule has 0 radical (unpaired) electrons. The van der Waals surface area contributed by atoms with Crippen LogP contribution in [0.25, 0.3) is 0 Å². The molecule has 0 bridgehead atoms. The number of rotatable bonds is 9. The van der Waals surface area contributed by atoms with Crippen LogP contribution in [-0.4, -0.2) is 94.6 Å². The molecule has 2 saturated heterocycles. The lowest BCUT2D eigenvalue weighted by Gasteiger charge is -2.38. The number of hydrogen-bond acceptors (Lipinski definition) is 5. The number of carbonyl (C=O) groups is 3. The summed E-state index contributed by atoms with van der Waals surface area (Å²) in [5, 5.41) is 9.17. The molecule has 2 fully saturated rings. The maximum absolute atomic E-state index is 14.1. The average molecular weight is 474 g/mol. The fourth-order valence-electron chi connectivity index (χ4n) is 6.29. The molecule has 8 heteroatoms. The first-order valence-electron chi connectivity index (χ1n) is 12.9. The Bertz CT molecular complexity index is 872. The van der Waals surface area contributed by atoms with Gasteiger partial charge in [-0.15, -0.1) is 0 Å². The van der Waals surface area contributed by atoms with E-state index in [2.05, 4.69) is 6.92 Å². The van der Waals surface area contributed by atoms with Crippen molar-refractivity contribution in [1.82, 2.24) is 14.7 Å². The minimum atomic E-state index is -1.16. The molecular weight excluding hydrogens is 434 g/mol. The van der Waals surface area contributed by atoms with E-state index < -0.39 is 29.1 Å². The second kappa shape index (κ2) is 9.82. The molecular formula is C26H39N3O5. The largest absolute Gasteiger partial charge is 0.396 e. The van der Waals surface area contributed by atoms with Crippen molar-refractivity contribution in [3.05, 3.63) is 24.3 Å². The van der Waals surface area contributed by atoms with Gasteiger partial charge in [-0.05, 0) is 32.1 Å². The zero-order valence-corrected chi connectivity index (χ0v) is 20.7. The van der Waals surface area contributed by atoms with Crippen molar-refractivity contribution in [2.45, 2.75) is 69.6 Å². The van der Waals surface area contributed by atoms with E-state index in [1.54, 1.807) is 16.8 Å². The third-order valence-electron chi connectivity index (χ3n) is 8.06. The Morgan fingerprint density at radius 3 is 2.41 bits per heavy atom. The summed E-state index contributed by atoms with van der Waals surface area (Å²) >= 11 is 0. The van der Waals surface area contributed by atoms with Crippen molar-refractivity contribution in [1.29, 1.82) is 0 Å². The van der Waals surface area contributed by atoms with E-state index in [0.717, 1.165) is 19.3 Å². The van der Waals surface area contributed by atoms with Crippen molar-refractivity contribution in [2.24, 2.45) is 11.8 Å². The second-order valence-electron chi connectivity index (χ2n) is 10.1. The van der Waals surface area contributed by atoms with Gasteiger partial charge in [0, 0.05) is 39.8 Å². The van der Waals surface area contributed by atoms with Crippen LogP contribution in [-0.2, 0) is 19.1 Å². The molecule has 0 aliphatic carbocycles. The van der Waals surface area contributed by atoms with Crippen LogP contribution in [0.2, 0.25) is 0 Å². The second-order valence-corrected chi connectivity index (χ2v) is 10.1. The first-order chi connectivity index (χ1) is 16.4. The summed E-state index contributed by atoms with van der Waals surface area (Å²) in [6, 6.07) is -0.781. The van der Waals surface area contributed by atoms with Crippen LogP contribution in [0.5, 0.6) is 0 Å². The fraction of sp³-hybridized carbons (Fsp3) is 0.731. The molecule has 1 unspecified atom stereocenters. The molecule has 3 amide bonds. The number of likely N-dealkylation sites (tertiary alicyclic amines) is 1. The molecule has 188 valence electrons. The fourth-order valence-corrected chi connectivity index (χ4v) is 6.29. The van der Waals surface area contributed by atoms with Crippen LogP contribution >= 0.6 is 0 Å². The van der Waals surface area contributed by atoms with Crippen molar-refractivity contribution in [3.8, 4) is 0 Å². The predicted octanol–water partition coefficient (Wildman–Crippen LogP) is 1.74. The summed E-state index contributed by atoms with van der Waals surface area (Å²) in [6.07, 6.45) is 12.3. The normalized spacial score (nSPS) is 34.9. The molecule has 1 N–H and O–H groups in total. The molecule has 4 rings (SSSR count). The van der Waals surface area contributed by atoms with Gasteiger partial charge >= 0.3 is 0 Å². The molecule has 4 heterocycles. The lowest BCUT2D eigenvalue weighted by atomic mass is 9.73. The Morgan fingerprint density at radius 2 is 1.71 bits per heavy atom. The third kappa shape index (κ3) is 3.79. The van der Waals surface area contributed by atoms with Gasteiger partial charge in [-0.25, -0.2) is 0 Å². The Kier molecular flexibility index (Phi) is 7.20. The van der Waals surface area contributed by atoms with Gasteiger partial charge < -0.3 is 24.5 Å². The van der Waals surface area contributed by atoms with Gasteiger partial charge in [0.15, 0.2) is 0 Å². The lowest BCUT2D eigenvalue weighted by molar-refractivity contribution is -0.154. The van der Waals surface area contributed by atoms with Crippen molar-refractivity contribution >= 4 is 17.7 Å². The Morgan fingerprint density at radius 1 is 0.941 bits per heavy atom. The van der Waals surface area contributed by atoms with Gasteiger partial charge in [-0.1, -0.05) is 44.6 Å². The van der Waals surface area contributed by atoms with Crippen LogP contribution < -0.4 is 0 Å². The van der Waals surface area contributed by atoms with E-state index in [1.165, 1.54) is 0 Å². The maximum Gasteiger partial charge on any atom is 0.249 e. The molecule has 0 aromatic heterocycles. The van der Waals surface area contributed by atoms with Gasteiger partial charge in [0.05, 0.1) is 17.4 Å². The van der Waals surface area contributed by atoms with Crippen molar-refractivity contribution in [2.75, 3.05) is 39.8 Å². The summed E-state index contributed by atoms with van der Waals surface area (Å²) in [5.74, 6) is -1.76. The number of likely N-dealkylation sites (N-methyl/N-ethyl adjacent to an activating group) is 1. The number of aliphatic hydroxyl groups is 1. The number of hydrogen-bond donors (Lipinski definition) is 1. The first-order valence-corrected chi connectivity index (χ1v) is 12.9. The smallest absolute Gasteiger partial charge is 0.249 e. The Hall–Kier alpha value is -2.19. The van der Waals surface area contributed by atoms with Gasteiger partial charge in [0.1, 0.15) is 11.6 Å². The highest BCUT2D eigenvalue weighted by atomic mass is 16.5. The summed E-state index contributed by atoms with van der Waals surface area (Å²) in [5.41, 5.74) is -2.07. The molecule has 34 heavy (non-hydrogen) atoms. The first kappa shape index (κ1) is 24.9. The minimum Gasteiger partial charge on any atom is -0.396 e. The molecule has 0 aromatic carbocycles. The molecule has 4 aliphatic heterocycles. The molecule has 0 aromatic rings. The number of fused-ring (bicyclic) bond motifs is 2. The maximum atomic E-state index is 14.1. The summed E-state index contributed by atoms with van der Waals surface area (Å²) < 4.78 is 6.88. The monoisotopic (exact) mass is 473 g/mol. The van der Waals surface area contributed by atoms with Crippen LogP contribution in [0.4, 0.5) is 0 Å². The zero-order chi connectivity index (χ0) is 24.5. The number of amides is 3. The van der Waals surface area contributed by atoms with E-state index in [1.807, 2.05) is 36.1 Å². The SMILES string of the molecule is CCCCN1CC=C[C@]23O[C@@]4(CC)C=CCN(C)C(=O)[C@H]4[C@H]2C(=O)N(CCCCCO)C3C1=O. The Labute approximate surface area is 202 Å². The number of aliphatic hydroxyl groups excluding tert-OH is 1. The third-order valence-corrected chi connectivity index (χ3v) is 8.06. The number of carbonyl (C=O) groups excluding carboxylic acids is 3. The zero-order valence-electron chi connectivity index (χ0n) is 20.7. The summed E-state index contributed by atoms with van der Waals surface area (Å²) in [7, 11) is 1.76. The van der Waals surface area contributed by atoms with Crippen molar-refractivity contribution < 1.29 is 24.2 Å². The molecule has 8 nitrogen and oxygen atoms in total. The van der Waals surface area contributed by atoms with Crippen LogP contribution in [0.15, 0.2) is 24.3 Å². The number of ether oxygens (including phenoxy) is 1. The van der Waals surface area contributed by atoms with Gasteiger partial charge in [0.2, 0.25) is 17.7 Å². The Balaban J connectivity index is 1.79. The van der Waals surface area contributed by atoms with Crippen molar-refractivity contribution in [3.63, 3.8) is 0 Å². The van der Waals surface area contributed by atoms with E-state index in [-0.39, 0.29) is 24.3 Å². The number of nitrogens with zero attached hydrogens (tertiary/aromatic N) is 3. The van der Waals surface area contributed by atoms with Gasteiger partial charge in [-0.2, -0.15) is 0 Å². The van der Waals surface area contributed by atoms with Gasteiger partial charge in [-0.3, -0.25) is 14.4 Å². The highest BCUT2D eigenvalue weighted by molar-refractivity contribution is 6.00. The average Bonchev–Trinajstić information content (AvgIpc) is 3.12. The van der Waals surface area contributed by atoms with Gasteiger partial charge in [0.25, 0.3) is 0 Å². The van der Waals surface area contributed by atoms with Crippen LogP contribution in [0.3, 0.4) is 0 Å². The lowest BCUT2D eigenvalue weighted by Crippen LogP contribution is -2.56. The highest BCUT2D eigenvalue weighted by Crippen LogP contribution is 2.58. The molecule has 0 saturated carbocycles.